The van der Waals surface area contributed by atoms with Crippen molar-refractivity contribution >= 4 is 33.1 Å². The molecule has 0 fully saturated rings. The molecule has 0 N–H and O–H groups in total. The molecular weight excluding hydrogens is 450 g/mol. The monoisotopic (exact) mass is 475 g/mol. The third-order valence-electron chi connectivity index (χ3n) is 5.15. The molecule has 0 saturated heterocycles. The zero-order chi connectivity index (χ0) is 23.6. The van der Waals surface area contributed by atoms with E-state index in [1.807, 2.05) is 23.8 Å². The highest BCUT2D eigenvalue weighted by molar-refractivity contribution is 7.89. The van der Waals surface area contributed by atoms with Crippen LogP contribution < -0.4 is 0 Å². The van der Waals surface area contributed by atoms with E-state index in [9.17, 15) is 18.0 Å². The highest BCUT2D eigenvalue weighted by atomic mass is 32.2. The number of Topliss-reactive ketones (excluding diaryl/α,β-unsaturated/α-hetero) is 1. The molecule has 0 unspecified atom stereocenters. The number of carbonyl (C=O) groups is 2. The lowest BCUT2D eigenvalue weighted by Gasteiger charge is -2.21. The Morgan fingerprint density at radius 3 is 2.56 bits per heavy atom. The Hall–Kier alpha value is -2.82. The third kappa shape index (κ3) is 4.67. The van der Waals surface area contributed by atoms with E-state index in [4.69, 9.17) is 4.74 Å². The molecule has 32 heavy (non-hydrogen) atoms. The Morgan fingerprint density at radius 2 is 1.94 bits per heavy atom. The molecule has 0 aliphatic carbocycles. The second kappa shape index (κ2) is 9.35. The fourth-order valence-electron chi connectivity index (χ4n) is 3.19. The number of aromatic nitrogens is 2. The van der Waals surface area contributed by atoms with E-state index in [1.54, 1.807) is 26.1 Å². The van der Waals surface area contributed by atoms with Gasteiger partial charge in [0.2, 0.25) is 15.8 Å². The van der Waals surface area contributed by atoms with Crippen LogP contribution in [-0.2, 0) is 14.8 Å². The molecule has 0 radical (unpaired) electrons. The number of hydrogen-bond acceptors (Lipinski definition) is 7. The van der Waals surface area contributed by atoms with Gasteiger partial charge in [0.25, 0.3) is 0 Å². The minimum Gasteiger partial charge on any atom is -0.454 e. The maximum Gasteiger partial charge on any atom is 0.338 e. The van der Waals surface area contributed by atoms with Gasteiger partial charge in [0, 0.05) is 41.6 Å². The van der Waals surface area contributed by atoms with E-state index in [0.29, 0.717) is 11.3 Å². The average Bonchev–Trinajstić information content (AvgIpc) is 3.38. The van der Waals surface area contributed by atoms with Crippen LogP contribution in [0.2, 0.25) is 0 Å². The Bertz CT molecular complexity index is 1240. The van der Waals surface area contributed by atoms with Gasteiger partial charge < -0.3 is 4.74 Å². The summed E-state index contributed by atoms with van der Waals surface area (Å²) in [4.78, 5) is 29.5. The van der Waals surface area contributed by atoms with Gasteiger partial charge >= 0.3 is 5.97 Å². The lowest BCUT2D eigenvalue weighted by Crippen LogP contribution is -2.33. The molecule has 1 aromatic carbocycles. The quantitative estimate of drug-likeness (QED) is 0.365. The van der Waals surface area contributed by atoms with Crippen molar-refractivity contribution in [2.24, 2.45) is 0 Å². The Balaban J connectivity index is 1.75. The van der Waals surface area contributed by atoms with Crippen LogP contribution in [0.1, 0.15) is 46.0 Å². The van der Waals surface area contributed by atoms with Gasteiger partial charge in [0.15, 0.2) is 11.7 Å². The minimum atomic E-state index is -3.75. The van der Waals surface area contributed by atoms with E-state index in [-0.39, 0.29) is 22.3 Å². The molecule has 0 saturated carbocycles. The molecule has 2 heterocycles. The topological polar surface area (TPSA) is 98.6 Å². The van der Waals surface area contributed by atoms with Gasteiger partial charge in [-0.05, 0) is 52.0 Å². The summed E-state index contributed by atoms with van der Waals surface area (Å²) in [6.07, 6.45) is 1.69. The SMILES string of the molecule is Cc1cc(C(=O)COC(=O)c2cccc(S(=O)(=O)N(C)C(C)C)c2)c(C)n1-c1nccs1. The summed E-state index contributed by atoms with van der Waals surface area (Å²) in [7, 11) is -2.27. The van der Waals surface area contributed by atoms with Crippen molar-refractivity contribution in [2.75, 3.05) is 13.7 Å². The first kappa shape index (κ1) is 23.8. The van der Waals surface area contributed by atoms with Crippen LogP contribution in [0.15, 0.2) is 46.8 Å². The van der Waals surface area contributed by atoms with Gasteiger partial charge in [-0.15, -0.1) is 11.3 Å². The van der Waals surface area contributed by atoms with Crippen LogP contribution in [0.25, 0.3) is 5.13 Å². The number of thiazole rings is 1. The highest BCUT2D eigenvalue weighted by Crippen LogP contribution is 2.23. The van der Waals surface area contributed by atoms with Gasteiger partial charge in [-0.1, -0.05) is 6.07 Å². The predicted molar refractivity (Wildman–Crippen MR) is 122 cm³/mol. The second-order valence-corrected chi connectivity index (χ2v) is 10.4. The van der Waals surface area contributed by atoms with Crippen LogP contribution in [0, 0.1) is 13.8 Å². The Labute approximate surface area is 191 Å². The molecular formula is C22H25N3O5S2. The predicted octanol–water partition coefficient (Wildman–Crippen LogP) is 3.62. The molecule has 10 heteroatoms. The first-order valence-corrected chi connectivity index (χ1v) is 12.2. The molecule has 0 aliphatic rings. The van der Waals surface area contributed by atoms with Crippen molar-refractivity contribution in [3.8, 4) is 5.13 Å². The number of sulfonamides is 1. The molecule has 0 bridgehead atoms. The van der Waals surface area contributed by atoms with Crippen molar-refractivity contribution in [1.29, 1.82) is 0 Å². The lowest BCUT2D eigenvalue weighted by atomic mass is 10.1. The van der Waals surface area contributed by atoms with Crippen molar-refractivity contribution in [3.05, 3.63) is 64.4 Å². The summed E-state index contributed by atoms with van der Waals surface area (Å²) >= 11 is 1.45. The minimum absolute atomic E-state index is 0.0125. The van der Waals surface area contributed by atoms with Gasteiger partial charge in [0.05, 0.1) is 10.5 Å². The van der Waals surface area contributed by atoms with Crippen LogP contribution >= 0.6 is 11.3 Å². The average molecular weight is 476 g/mol. The van der Waals surface area contributed by atoms with E-state index >= 15 is 0 Å². The number of esters is 1. The largest absolute Gasteiger partial charge is 0.454 e. The molecule has 170 valence electrons. The van der Waals surface area contributed by atoms with Crippen molar-refractivity contribution in [3.63, 3.8) is 0 Å². The number of hydrogen-bond donors (Lipinski definition) is 0. The van der Waals surface area contributed by atoms with Crippen molar-refractivity contribution in [1.82, 2.24) is 13.9 Å². The van der Waals surface area contributed by atoms with Crippen molar-refractivity contribution in [2.45, 2.75) is 38.6 Å². The van der Waals surface area contributed by atoms with Gasteiger partial charge in [-0.3, -0.25) is 9.36 Å². The molecule has 3 rings (SSSR count). The molecule has 0 spiro atoms. The van der Waals surface area contributed by atoms with E-state index in [1.165, 1.54) is 47.0 Å². The first-order chi connectivity index (χ1) is 15.0. The summed E-state index contributed by atoms with van der Waals surface area (Å²) in [5.74, 6) is -1.12. The molecule has 2 aromatic heterocycles. The van der Waals surface area contributed by atoms with E-state index in [2.05, 4.69) is 4.98 Å². The fraction of sp³-hybridized carbons (Fsp3) is 0.318. The highest BCUT2D eigenvalue weighted by Gasteiger charge is 2.25. The van der Waals surface area contributed by atoms with Crippen LogP contribution in [-0.4, -0.2) is 53.7 Å². The Kier molecular flexibility index (Phi) is 6.97. The van der Waals surface area contributed by atoms with Gasteiger partial charge in [0.1, 0.15) is 0 Å². The van der Waals surface area contributed by atoms with Crippen LogP contribution in [0.3, 0.4) is 0 Å². The van der Waals surface area contributed by atoms with Crippen LogP contribution in [0.5, 0.6) is 0 Å². The third-order valence-corrected chi connectivity index (χ3v) is 7.94. The number of ether oxygens (including phenoxy) is 1. The standard InChI is InChI=1S/C22H25N3O5S2/c1-14(2)24(5)32(28,29)18-8-6-7-17(12-18)21(27)30-13-20(26)19-11-15(3)25(16(19)4)22-23-9-10-31-22/h6-12,14H,13H2,1-5H3. The summed E-state index contributed by atoms with van der Waals surface area (Å²) < 4.78 is 33.7. The van der Waals surface area contributed by atoms with Gasteiger partial charge in [-0.25, -0.2) is 18.2 Å². The Morgan fingerprint density at radius 1 is 1.22 bits per heavy atom. The zero-order valence-corrected chi connectivity index (χ0v) is 20.2. The number of benzene rings is 1. The van der Waals surface area contributed by atoms with Crippen molar-refractivity contribution < 1.29 is 22.7 Å². The fourth-order valence-corrected chi connectivity index (χ4v) is 5.35. The summed E-state index contributed by atoms with van der Waals surface area (Å²) in [6, 6.07) is 7.11. The summed E-state index contributed by atoms with van der Waals surface area (Å²) in [5.41, 5.74) is 2.06. The number of aryl methyl sites for hydroxylation is 1. The normalized spacial score (nSPS) is 11.8. The van der Waals surface area contributed by atoms with Crippen LogP contribution in [0.4, 0.5) is 0 Å². The summed E-state index contributed by atoms with van der Waals surface area (Å²) in [6.45, 7) is 6.74. The van der Waals surface area contributed by atoms with E-state index < -0.39 is 22.6 Å². The second-order valence-electron chi connectivity index (χ2n) is 7.58. The molecule has 8 nitrogen and oxygen atoms in total. The maximum absolute atomic E-state index is 12.7. The smallest absolute Gasteiger partial charge is 0.338 e. The first-order valence-electron chi connectivity index (χ1n) is 9.91. The number of rotatable bonds is 8. The number of ketones is 1. The zero-order valence-electron chi connectivity index (χ0n) is 18.5. The molecule has 0 atom stereocenters. The number of nitrogens with zero attached hydrogens (tertiary/aromatic N) is 3. The summed E-state index contributed by atoms with van der Waals surface area (Å²) in [5, 5.41) is 2.60. The molecule has 3 aromatic rings. The lowest BCUT2D eigenvalue weighted by molar-refractivity contribution is 0.0474. The molecule has 0 amide bonds. The van der Waals surface area contributed by atoms with Gasteiger partial charge in [-0.2, -0.15) is 4.31 Å². The number of carbonyl (C=O) groups excluding carboxylic acids is 2. The maximum atomic E-state index is 12.7. The van der Waals surface area contributed by atoms with E-state index in [0.717, 1.165) is 10.8 Å². The molecule has 0 aliphatic heterocycles.